The van der Waals surface area contributed by atoms with Gasteiger partial charge >= 0.3 is 5.97 Å². The van der Waals surface area contributed by atoms with Gasteiger partial charge in [0.05, 0.1) is 16.2 Å². The number of amides is 1. The van der Waals surface area contributed by atoms with E-state index in [0.717, 1.165) is 0 Å². The summed E-state index contributed by atoms with van der Waals surface area (Å²) in [6, 6.07) is 6.83. The van der Waals surface area contributed by atoms with Crippen molar-refractivity contribution in [3.8, 4) is 0 Å². The third kappa shape index (κ3) is 4.58. The molecule has 0 saturated carbocycles. The zero-order chi connectivity index (χ0) is 16.8. The van der Waals surface area contributed by atoms with Gasteiger partial charge in [-0.3, -0.25) is 19.9 Å². The molecule has 1 amide bonds. The smallest absolute Gasteiger partial charge is 0.338 e. The van der Waals surface area contributed by atoms with Crippen molar-refractivity contribution in [1.82, 2.24) is 4.98 Å². The first-order valence-electron chi connectivity index (χ1n) is 6.28. The van der Waals surface area contributed by atoms with Gasteiger partial charge in [0, 0.05) is 29.0 Å². The van der Waals surface area contributed by atoms with Gasteiger partial charge < -0.3 is 10.1 Å². The number of nitro benzene ring substituents is 1. The van der Waals surface area contributed by atoms with Gasteiger partial charge in [-0.1, -0.05) is 0 Å². The van der Waals surface area contributed by atoms with Crippen LogP contribution in [0.2, 0.25) is 0 Å². The molecular weight excluding hydrogens is 370 g/mol. The lowest BCUT2D eigenvalue weighted by Crippen LogP contribution is -2.21. The van der Waals surface area contributed by atoms with E-state index in [4.69, 9.17) is 4.74 Å². The van der Waals surface area contributed by atoms with Gasteiger partial charge in [-0.2, -0.15) is 0 Å². The number of anilines is 1. The van der Waals surface area contributed by atoms with Crippen LogP contribution in [0.4, 0.5) is 11.4 Å². The number of hydrogen-bond acceptors (Lipinski definition) is 6. The first-order valence-corrected chi connectivity index (χ1v) is 7.07. The molecule has 118 valence electrons. The number of aromatic nitrogens is 1. The van der Waals surface area contributed by atoms with Crippen LogP contribution >= 0.6 is 15.9 Å². The molecule has 0 saturated heterocycles. The first-order chi connectivity index (χ1) is 11.0. The summed E-state index contributed by atoms with van der Waals surface area (Å²) in [4.78, 5) is 37.3. The minimum atomic E-state index is -0.648. The molecule has 1 N–H and O–H groups in total. The summed E-state index contributed by atoms with van der Waals surface area (Å²) in [6.07, 6.45) is 2.87. The van der Waals surface area contributed by atoms with Crippen LogP contribution in [0.5, 0.6) is 0 Å². The standard InChI is InChI=1S/C14H10BrN3O5/c15-11-7-10(18(21)22)1-2-12(11)17-13(19)8-23-14(20)9-3-5-16-6-4-9/h1-7H,8H2,(H,17,19). The van der Waals surface area contributed by atoms with E-state index in [0.29, 0.717) is 10.2 Å². The van der Waals surface area contributed by atoms with E-state index in [9.17, 15) is 19.7 Å². The summed E-state index contributed by atoms with van der Waals surface area (Å²) in [5.41, 5.74) is 0.504. The molecule has 2 aromatic rings. The van der Waals surface area contributed by atoms with Crippen molar-refractivity contribution in [3.63, 3.8) is 0 Å². The average Bonchev–Trinajstić information content (AvgIpc) is 2.55. The highest BCUT2D eigenvalue weighted by Gasteiger charge is 2.13. The quantitative estimate of drug-likeness (QED) is 0.485. The molecule has 0 atom stereocenters. The van der Waals surface area contributed by atoms with Gasteiger partial charge in [0.1, 0.15) is 0 Å². The van der Waals surface area contributed by atoms with Crippen molar-refractivity contribution < 1.29 is 19.2 Å². The maximum absolute atomic E-state index is 11.8. The molecule has 1 aromatic carbocycles. The molecule has 0 spiro atoms. The minimum Gasteiger partial charge on any atom is -0.452 e. The number of nitrogens with one attached hydrogen (secondary N) is 1. The van der Waals surface area contributed by atoms with Crippen LogP contribution in [0.3, 0.4) is 0 Å². The van der Waals surface area contributed by atoms with Crippen LogP contribution in [-0.2, 0) is 9.53 Å². The Balaban J connectivity index is 1.92. The summed E-state index contributed by atoms with van der Waals surface area (Å²) in [5.74, 6) is -1.22. The lowest BCUT2D eigenvalue weighted by atomic mass is 10.3. The van der Waals surface area contributed by atoms with Gasteiger partial charge in [0.2, 0.25) is 0 Å². The van der Waals surface area contributed by atoms with Crippen LogP contribution in [-0.4, -0.2) is 28.4 Å². The van der Waals surface area contributed by atoms with Crippen LogP contribution in [0.15, 0.2) is 47.2 Å². The molecule has 0 aliphatic carbocycles. The molecular formula is C14H10BrN3O5. The van der Waals surface area contributed by atoms with Crippen molar-refractivity contribution in [3.05, 3.63) is 62.9 Å². The number of esters is 1. The number of benzene rings is 1. The molecule has 0 fully saturated rings. The Hall–Kier alpha value is -2.81. The average molecular weight is 380 g/mol. The van der Waals surface area contributed by atoms with E-state index >= 15 is 0 Å². The summed E-state index contributed by atoms with van der Waals surface area (Å²) in [5, 5.41) is 13.1. The highest BCUT2D eigenvalue weighted by molar-refractivity contribution is 9.10. The van der Waals surface area contributed by atoms with E-state index in [1.807, 2.05) is 0 Å². The van der Waals surface area contributed by atoms with E-state index in [1.165, 1.54) is 42.7 Å². The van der Waals surface area contributed by atoms with Gasteiger partial charge in [-0.05, 0) is 34.1 Å². The van der Waals surface area contributed by atoms with Crippen LogP contribution < -0.4 is 5.32 Å². The number of halogens is 1. The lowest BCUT2D eigenvalue weighted by molar-refractivity contribution is -0.384. The molecule has 0 radical (unpaired) electrons. The fourth-order valence-corrected chi connectivity index (χ4v) is 2.07. The Morgan fingerprint density at radius 3 is 2.57 bits per heavy atom. The zero-order valence-corrected chi connectivity index (χ0v) is 13.1. The number of nitro groups is 1. The van der Waals surface area contributed by atoms with Crippen molar-refractivity contribution in [1.29, 1.82) is 0 Å². The number of carbonyl (C=O) groups excluding carboxylic acids is 2. The van der Waals surface area contributed by atoms with Crippen LogP contribution in [0.25, 0.3) is 0 Å². The predicted molar refractivity (Wildman–Crippen MR) is 83.9 cm³/mol. The SMILES string of the molecule is O=C(COC(=O)c1ccncc1)Nc1ccc([N+](=O)[O-])cc1Br. The second-order valence-electron chi connectivity index (χ2n) is 4.28. The van der Waals surface area contributed by atoms with Gasteiger partial charge in [0.15, 0.2) is 6.61 Å². The lowest BCUT2D eigenvalue weighted by Gasteiger charge is -2.08. The zero-order valence-electron chi connectivity index (χ0n) is 11.6. The number of carbonyl (C=O) groups is 2. The normalized spacial score (nSPS) is 9.96. The number of non-ortho nitro benzene ring substituents is 1. The second kappa shape index (κ2) is 7.45. The molecule has 1 heterocycles. The number of rotatable bonds is 5. The summed E-state index contributed by atoms with van der Waals surface area (Å²) in [6.45, 7) is -0.482. The molecule has 8 nitrogen and oxygen atoms in total. The summed E-state index contributed by atoms with van der Waals surface area (Å²) >= 11 is 3.13. The second-order valence-corrected chi connectivity index (χ2v) is 5.14. The molecule has 0 aliphatic rings. The fraction of sp³-hybridized carbons (Fsp3) is 0.0714. The molecule has 1 aromatic heterocycles. The fourth-order valence-electron chi connectivity index (χ4n) is 1.61. The Bertz CT molecular complexity index is 751. The summed E-state index contributed by atoms with van der Waals surface area (Å²) in [7, 11) is 0. The maximum Gasteiger partial charge on any atom is 0.338 e. The summed E-state index contributed by atoms with van der Waals surface area (Å²) < 4.78 is 5.21. The monoisotopic (exact) mass is 379 g/mol. The van der Waals surface area contributed by atoms with E-state index in [-0.39, 0.29) is 11.3 Å². The van der Waals surface area contributed by atoms with Crippen molar-refractivity contribution >= 4 is 39.2 Å². The highest BCUT2D eigenvalue weighted by atomic mass is 79.9. The maximum atomic E-state index is 11.8. The van der Waals surface area contributed by atoms with Crippen LogP contribution in [0.1, 0.15) is 10.4 Å². The minimum absolute atomic E-state index is 0.112. The van der Waals surface area contributed by atoms with Gasteiger partial charge in [-0.15, -0.1) is 0 Å². The number of ether oxygens (including phenoxy) is 1. The highest BCUT2D eigenvalue weighted by Crippen LogP contribution is 2.26. The molecule has 23 heavy (non-hydrogen) atoms. The molecule has 0 bridgehead atoms. The number of nitrogens with zero attached hydrogens (tertiary/aromatic N) is 2. The predicted octanol–water partition coefficient (Wildman–Crippen LogP) is 2.55. The largest absolute Gasteiger partial charge is 0.452 e. The Labute approximate surface area is 138 Å². The third-order valence-electron chi connectivity index (χ3n) is 2.69. The van der Waals surface area contributed by atoms with Crippen molar-refractivity contribution in [2.45, 2.75) is 0 Å². The molecule has 0 aliphatic heterocycles. The Kier molecular flexibility index (Phi) is 5.36. The third-order valence-corrected chi connectivity index (χ3v) is 3.34. The van der Waals surface area contributed by atoms with Crippen LogP contribution in [0, 0.1) is 10.1 Å². The van der Waals surface area contributed by atoms with Gasteiger partial charge in [0.25, 0.3) is 11.6 Å². The molecule has 9 heteroatoms. The van der Waals surface area contributed by atoms with E-state index in [1.54, 1.807) is 0 Å². The first kappa shape index (κ1) is 16.6. The molecule has 2 rings (SSSR count). The number of hydrogen-bond donors (Lipinski definition) is 1. The van der Waals surface area contributed by atoms with E-state index < -0.39 is 23.4 Å². The topological polar surface area (TPSA) is 111 Å². The number of pyridine rings is 1. The Morgan fingerprint density at radius 2 is 1.96 bits per heavy atom. The molecule has 0 unspecified atom stereocenters. The van der Waals surface area contributed by atoms with E-state index in [2.05, 4.69) is 26.2 Å². The van der Waals surface area contributed by atoms with Crippen molar-refractivity contribution in [2.24, 2.45) is 0 Å². The van der Waals surface area contributed by atoms with Crippen molar-refractivity contribution in [2.75, 3.05) is 11.9 Å². The van der Waals surface area contributed by atoms with Gasteiger partial charge in [-0.25, -0.2) is 4.79 Å². The Morgan fingerprint density at radius 1 is 1.26 bits per heavy atom.